The summed E-state index contributed by atoms with van der Waals surface area (Å²) in [5.41, 5.74) is 1.28. The number of aromatic nitrogens is 2. The van der Waals surface area contributed by atoms with Crippen LogP contribution in [-0.4, -0.2) is 29.5 Å². The summed E-state index contributed by atoms with van der Waals surface area (Å²) in [6, 6.07) is 0.544. The van der Waals surface area contributed by atoms with Crippen LogP contribution < -0.4 is 10.1 Å². The second-order valence-corrected chi connectivity index (χ2v) is 6.74. The Morgan fingerprint density at radius 2 is 2.19 bits per heavy atom. The fourth-order valence-corrected chi connectivity index (χ4v) is 3.66. The van der Waals surface area contributed by atoms with Crippen LogP contribution in [0.15, 0.2) is 6.20 Å². The van der Waals surface area contributed by atoms with Crippen molar-refractivity contribution < 1.29 is 4.74 Å². The molecule has 1 N–H and O–H groups in total. The van der Waals surface area contributed by atoms with Gasteiger partial charge in [0.2, 0.25) is 0 Å². The lowest BCUT2D eigenvalue weighted by atomic mass is 9.71. The molecule has 0 amide bonds. The molecule has 3 unspecified atom stereocenters. The lowest BCUT2D eigenvalue weighted by molar-refractivity contribution is 0.212. The largest absolute Gasteiger partial charge is 0.493 e. The molecule has 1 fully saturated rings. The predicted octanol–water partition coefficient (Wildman–Crippen LogP) is 3.34. The van der Waals surface area contributed by atoms with Crippen molar-refractivity contribution in [3.63, 3.8) is 0 Å². The Labute approximate surface area is 129 Å². The molecule has 3 atom stereocenters. The zero-order valence-electron chi connectivity index (χ0n) is 14.2. The molecule has 1 aliphatic carbocycles. The van der Waals surface area contributed by atoms with Crippen LogP contribution in [-0.2, 0) is 7.05 Å². The molecule has 0 aromatic carbocycles. The average Bonchev–Trinajstić information content (AvgIpc) is 2.85. The lowest BCUT2D eigenvalue weighted by Crippen LogP contribution is -2.35. The highest BCUT2D eigenvalue weighted by molar-refractivity contribution is 5.29. The van der Waals surface area contributed by atoms with E-state index in [-0.39, 0.29) is 0 Å². The number of nitrogens with zero attached hydrogens (tertiary/aromatic N) is 2. The molecule has 0 bridgehead atoms. The number of nitrogens with one attached hydrogen (secondary N) is 1. The molecule has 1 aromatic heterocycles. The van der Waals surface area contributed by atoms with Crippen molar-refractivity contribution in [2.45, 2.75) is 58.4 Å². The van der Waals surface area contributed by atoms with Gasteiger partial charge in [-0.05, 0) is 31.2 Å². The van der Waals surface area contributed by atoms with Crippen LogP contribution in [0.3, 0.4) is 0 Å². The Balaban J connectivity index is 2.21. The lowest BCUT2D eigenvalue weighted by Gasteiger charge is -2.37. The predicted molar refractivity (Wildman–Crippen MR) is 86.8 cm³/mol. The number of ether oxygens (including phenoxy) is 1. The molecule has 0 spiro atoms. The summed E-state index contributed by atoms with van der Waals surface area (Å²) in [6.07, 6.45) is 7.06. The van der Waals surface area contributed by atoms with Gasteiger partial charge in [-0.3, -0.25) is 4.68 Å². The Kier molecular flexibility index (Phi) is 5.68. The Morgan fingerprint density at radius 3 is 2.81 bits per heavy atom. The first-order valence-electron chi connectivity index (χ1n) is 8.36. The summed E-state index contributed by atoms with van der Waals surface area (Å²) in [5.74, 6) is 3.02. The maximum Gasteiger partial charge on any atom is 0.160 e. The number of aryl methyl sites for hydroxylation is 1. The quantitative estimate of drug-likeness (QED) is 0.874. The fraction of sp³-hybridized carbons (Fsp3) is 0.824. The van der Waals surface area contributed by atoms with Crippen LogP contribution in [0.25, 0.3) is 0 Å². The SMILES string of the molecule is CCC1CCC(CNC(C)C)C(c2c(OC)cnn2C)C1. The number of methoxy groups -OCH3 is 1. The van der Waals surface area contributed by atoms with Gasteiger partial charge in [0.1, 0.15) is 0 Å². The van der Waals surface area contributed by atoms with E-state index in [4.69, 9.17) is 4.74 Å². The van der Waals surface area contributed by atoms with Gasteiger partial charge in [0, 0.05) is 19.0 Å². The van der Waals surface area contributed by atoms with Gasteiger partial charge in [0.05, 0.1) is 19.0 Å². The molecule has 4 nitrogen and oxygen atoms in total. The van der Waals surface area contributed by atoms with Crippen LogP contribution in [0.2, 0.25) is 0 Å². The fourth-order valence-electron chi connectivity index (χ4n) is 3.66. The molecular formula is C17H31N3O. The van der Waals surface area contributed by atoms with E-state index in [1.54, 1.807) is 7.11 Å². The second kappa shape index (κ2) is 7.30. The summed E-state index contributed by atoms with van der Waals surface area (Å²) in [4.78, 5) is 0. The molecule has 0 saturated heterocycles. The Hall–Kier alpha value is -1.03. The van der Waals surface area contributed by atoms with Crippen molar-refractivity contribution in [3.05, 3.63) is 11.9 Å². The van der Waals surface area contributed by atoms with Crippen LogP contribution in [0.5, 0.6) is 5.75 Å². The third-order valence-electron chi connectivity index (χ3n) is 4.99. The van der Waals surface area contributed by atoms with Crippen molar-refractivity contribution in [3.8, 4) is 5.75 Å². The molecule has 1 aromatic rings. The van der Waals surface area contributed by atoms with E-state index in [1.807, 2.05) is 17.9 Å². The third kappa shape index (κ3) is 3.79. The summed E-state index contributed by atoms with van der Waals surface area (Å²) >= 11 is 0. The molecule has 1 heterocycles. The minimum atomic E-state index is 0.544. The molecule has 0 radical (unpaired) electrons. The van der Waals surface area contributed by atoms with Crippen molar-refractivity contribution in [1.82, 2.24) is 15.1 Å². The number of hydrogen-bond donors (Lipinski definition) is 1. The average molecular weight is 293 g/mol. The molecule has 2 rings (SSSR count). The summed E-state index contributed by atoms with van der Waals surface area (Å²) in [5, 5.41) is 8.04. The molecule has 21 heavy (non-hydrogen) atoms. The van der Waals surface area contributed by atoms with E-state index in [1.165, 1.54) is 31.4 Å². The van der Waals surface area contributed by atoms with E-state index in [2.05, 4.69) is 31.2 Å². The molecule has 1 saturated carbocycles. The van der Waals surface area contributed by atoms with E-state index in [0.717, 1.165) is 18.2 Å². The first kappa shape index (κ1) is 16.3. The summed E-state index contributed by atoms with van der Waals surface area (Å²) in [6.45, 7) is 7.84. The maximum absolute atomic E-state index is 5.56. The van der Waals surface area contributed by atoms with Gasteiger partial charge in [-0.2, -0.15) is 5.10 Å². The van der Waals surface area contributed by atoms with Crippen molar-refractivity contribution in [1.29, 1.82) is 0 Å². The summed E-state index contributed by atoms with van der Waals surface area (Å²) in [7, 11) is 3.79. The van der Waals surface area contributed by atoms with Crippen molar-refractivity contribution in [2.75, 3.05) is 13.7 Å². The normalized spacial score (nSPS) is 26.3. The first-order chi connectivity index (χ1) is 10.1. The Bertz CT molecular complexity index is 441. The van der Waals surface area contributed by atoms with E-state index in [9.17, 15) is 0 Å². The highest BCUT2D eigenvalue weighted by Gasteiger charge is 2.34. The zero-order chi connectivity index (χ0) is 15.4. The zero-order valence-corrected chi connectivity index (χ0v) is 14.2. The van der Waals surface area contributed by atoms with Crippen LogP contribution >= 0.6 is 0 Å². The summed E-state index contributed by atoms with van der Waals surface area (Å²) < 4.78 is 7.58. The van der Waals surface area contributed by atoms with Gasteiger partial charge < -0.3 is 10.1 Å². The van der Waals surface area contributed by atoms with E-state index < -0.39 is 0 Å². The van der Waals surface area contributed by atoms with Crippen LogP contribution in [0.1, 0.15) is 58.1 Å². The second-order valence-electron chi connectivity index (χ2n) is 6.74. The van der Waals surface area contributed by atoms with Crippen LogP contribution in [0.4, 0.5) is 0 Å². The van der Waals surface area contributed by atoms with Gasteiger partial charge in [0.25, 0.3) is 0 Å². The standard InChI is InChI=1S/C17H31N3O/c1-6-13-7-8-14(10-18-12(2)3)15(9-13)17-16(21-5)11-19-20(17)4/h11-15,18H,6-10H2,1-5H3. The Morgan fingerprint density at radius 1 is 1.43 bits per heavy atom. The molecule has 120 valence electrons. The highest BCUT2D eigenvalue weighted by Crippen LogP contribution is 2.44. The first-order valence-corrected chi connectivity index (χ1v) is 8.36. The van der Waals surface area contributed by atoms with E-state index in [0.29, 0.717) is 17.9 Å². The van der Waals surface area contributed by atoms with Gasteiger partial charge in [-0.1, -0.05) is 33.6 Å². The molecule has 1 aliphatic rings. The molecule has 0 aliphatic heterocycles. The van der Waals surface area contributed by atoms with E-state index >= 15 is 0 Å². The van der Waals surface area contributed by atoms with Gasteiger partial charge in [-0.25, -0.2) is 0 Å². The molecular weight excluding hydrogens is 262 g/mol. The van der Waals surface area contributed by atoms with Gasteiger partial charge >= 0.3 is 0 Å². The maximum atomic E-state index is 5.56. The minimum absolute atomic E-state index is 0.544. The minimum Gasteiger partial charge on any atom is -0.493 e. The monoisotopic (exact) mass is 293 g/mol. The molecule has 4 heteroatoms. The smallest absolute Gasteiger partial charge is 0.160 e. The highest BCUT2D eigenvalue weighted by atomic mass is 16.5. The van der Waals surface area contributed by atoms with Gasteiger partial charge in [0.15, 0.2) is 5.75 Å². The third-order valence-corrected chi connectivity index (χ3v) is 4.99. The topological polar surface area (TPSA) is 39.1 Å². The van der Waals surface area contributed by atoms with Crippen molar-refractivity contribution in [2.24, 2.45) is 18.9 Å². The van der Waals surface area contributed by atoms with Gasteiger partial charge in [-0.15, -0.1) is 0 Å². The number of hydrogen-bond acceptors (Lipinski definition) is 3. The van der Waals surface area contributed by atoms with Crippen molar-refractivity contribution >= 4 is 0 Å². The van der Waals surface area contributed by atoms with Crippen LogP contribution in [0, 0.1) is 11.8 Å². The number of rotatable bonds is 6.